The molecule has 1 N–H and O–H groups in total. The summed E-state index contributed by atoms with van der Waals surface area (Å²) >= 11 is 2.22. The zero-order chi connectivity index (χ0) is 13.2. The maximum absolute atomic E-state index is 10.7. The second-order valence-electron chi connectivity index (χ2n) is 3.99. The molecule has 0 bridgehead atoms. The largest absolute Gasteiger partial charge is 0.480 e. The Balaban J connectivity index is 2.50. The third-order valence-electron chi connectivity index (χ3n) is 2.73. The number of ether oxygens (including phenoxy) is 1. The molecule has 0 amide bonds. The van der Waals surface area contributed by atoms with E-state index in [0.29, 0.717) is 11.6 Å². The highest BCUT2D eigenvalue weighted by atomic mass is 127. The van der Waals surface area contributed by atoms with Crippen molar-refractivity contribution in [3.63, 3.8) is 0 Å². The summed E-state index contributed by atoms with van der Waals surface area (Å²) in [5.41, 5.74) is -0.0698. The highest BCUT2D eigenvalue weighted by Crippen LogP contribution is 2.32. The van der Waals surface area contributed by atoms with Gasteiger partial charge in [-0.15, -0.1) is 0 Å². The molecule has 1 heterocycles. The summed E-state index contributed by atoms with van der Waals surface area (Å²) in [6, 6.07) is 7.62. The lowest BCUT2D eigenvalue weighted by molar-refractivity contribution is 0.0929. The van der Waals surface area contributed by atoms with E-state index in [1.807, 2.05) is 24.3 Å². The second-order valence-corrected chi connectivity index (χ2v) is 5.24. The molecule has 5 heteroatoms. The lowest BCUT2D eigenvalue weighted by Crippen LogP contribution is -2.25. The van der Waals surface area contributed by atoms with Gasteiger partial charge in [-0.25, -0.2) is 4.98 Å². The van der Waals surface area contributed by atoms with Crippen LogP contribution in [0.2, 0.25) is 0 Å². The number of hydrogen-bond donors (Lipinski definition) is 1. The second kappa shape index (κ2) is 5.19. The van der Waals surface area contributed by atoms with Gasteiger partial charge in [-0.05, 0) is 47.2 Å². The van der Waals surface area contributed by atoms with E-state index in [-0.39, 0.29) is 0 Å². The standard InChI is InChI=1S/C13H13IN2O2/c1-13(17,9-3-5-10(14)6-4-9)11-12(18-2)16-8-7-15-11/h3-8,17H,1-2H3. The van der Waals surface area contributed by atoms with Crippen molar-refractivity contribution >= 4 is 22.6 Å². The minimum atomic E-state index is -1.23. The Labute approximate surface area is 119 Å². The van der Waals surface area contributed by atoms with Crippen LogP contribution in [0.5, 0.6) is 5.88 Å². The fourth-order valence-corrected chi connectivity index (χ4v) is 2.08. The molecule has 1 aromatic heterocycles. The fraction of sp³-hybridized carbons (Fsp3) is 0.231. The lowest BCUT2D eigenvalue weighted by Gasteiger charge is -2.24. The van der Waals surface area contributed by atoms with E-state index in [2.05, 4.69) is 32.6 Å². The van der Waals surface area contributed by atoms with Gasteiger partial charge in [0.15, 0.2) is 0 Å². The van der Waals surface area contributed by atoms with Gasteiger partial charge in [0, 0.05) is 16.0 Å². The van der Waals surface area contributed by atoms with Crippen LogP contribution in [0.25, 0.3) is 0 Å². The Morgan fingerprint density at radius 3 is 2.39 bits per heavy atom. The van der Waals surface area contributed by atoms with Gasteiger partial charge in [-0.3, -0.25) is 4.98 Å². The average Bonchev–Trinajstić information content (AvgIpc) is 2.39. The molecule has 1 unspecified atom stereocenters. The van der Waals surface area contributed by atoms with Crippen molar-refractivity contribution in [2.45, 2.75) is 12.5 Å². The summed E-state index contributed by atoms with van der Waals surface area (Å²) in [6.45, 7) is 1.68. The normalized spacial score (nSPS) is 14.0. The number of nitrogens with zero attached hydrogens (tertiary/aromatic N) is 2. The van der Waals surface area contributed by atoms with Gasteiger partial charge in [0.25, 0.3) is 0 Å². The van der Waals surface area contributed by atoms with Crippen LogP contribution in [0.15, 0.2) is 36.7 Å². The number of aromatic nitrogens is 2. The van der Waals surface area contributed by atoms with Crippen LogP contribution in [0, 0.1) is 3.57 Å². The van der Waals surface area contributed by atoms with Gasteiger partial charge in [0.2, 0.25) is 5.88 Å². The summed E-state index contributed by atoms with van der Waals surface area (Å²) in [4.78, 5) is 8.24. The molecule has 18 heavy (non-hydrogen) atoms. The minimum absolute atomic E-state index is 0.334. The maximum Gasteiger partial charge on any atom is 0.238 e. The molecule has 0 fully saturated rings. The van der Waals surface area contributed by atoms with Gasteiger partial charge in [-0.1, -0.05) is 12.1 Å². The number of rotatable bonds is 3. The van der Waals surface area contributed by atoms with E-state index in [0.717, 1.165) is 9.13 Å². The molecule has 94 valence electrons. The first-order valence-corrected chi connectivity index (χ1v) is 6.47. The lowest BCUT2D eigenvalue weighted by atomic mass is 9.92. The Morgan fingerprint density at radius 2 is 1.78 bits per heavy atom. The van der Waals surface area contributed by atoms with Crippen LogP contribution in [0.4, 0.5) is 0 Å². The molecule has 1 aromatic carbocycles. The minimum Gasteiger partial charge on any atom is -0.480 e. The molecular weight excluding hydrogens is 343 g/mol. The Bertz CT molecular complexity index is 541. The average molecular weight is 356 g/mol. The van der Waals surface area contributed by atoms with Crippen LogP contribution in [-0.4, -0.2) is 22.2 Å². The van der Waals surface area contributed by atoms with E-state index < -0.39 is 5.60 Å². The maximum atomic E-state index is 10.7. The molecule has 0 aliphatic carbocycles. The molecule has 0 aliphatic rings. The number of benzene rings is 1. The topological polar surface area (TPSA) is 55.2 Å². The van der Waals surface area contributed by atoms with Gasteiger partial charge in [0.1, 0.15) is 11.3 Å². The van der Waals surface area contributed by atoms with Gasteiger partial charge < -0.3 is 9.84 Å². The smallest absolute Gasteiger partial charge is 0.238 e. The number of hydrogen-bond acceptors (Lipinski definition) is 4. The SMILES string of the molecule is COc1nccnc1C(C)(O)c1ccc(I)cc1. The highest BCUT2D eigenvalue weighted by Gasteiger charge is 2.31. The van der Waals surface area contributed by atoms with Crippen LogP contribution in [0.3, 0.4) is 0 Å². The van der Waals surface area contributed by atoms with Crippen molar-refractivity contribution in [2.24, 2.45) is 0 Å². The molecule has 4 nitrogen and oxygen atoms in total. The number of aliphatic hydroxyl groups is 1. The van der Waals surface area contributed by atoms with E-state index in [9.17, 15) is 5.11 Å². The zero-order valence-corrected chi connectivity index (χ0v) is 12.2. The number of methoxy groups -OCH3 is 1. The molecule has 1 atom stereocenters. The first kappa shape index (κ1) is 13.2. The van der Waals surface area contributed by atoms with E-state index >= 15 is 0 Å². The van der Waals surface area contributed by atoms with Crippen molar-refractivity contribution in [2.75, 3.05) is 7.11 Å². The molecule has 0 saturated heterocycles. The van der Waals surface area contributed by atoms with E-state index in [1.165, 1.54) is 13.3 Å². The summed E-state index contributed by atoms with van der Waals surface area (Å²) in [5, 5.41) is 10.7. The molecule has 0 aliphatic heterocycles. The van der Waals surface area contributed by atoms with Gasteiger partial charge >= 0.3 is 0 Å². The van der Waals surface area contributed by atoms with Crippen molar-refractivity contribution in [1.82, 2.24) is 9.97 Å². The summed E-state index contributed by atoms with van der Waals surface area (Å²) in [7, 11) is 1.51. The Hall–Kier alpha value is -1.21. The Kier molecular flexibility index (Phi) is 3.82. The molecule has 0 saturated carbocycles. The third-order valence-corrected chi connectivity index (χ3v) is 3.44. The molecule has 2 rings (SSSR count). The van der Waals surface area contributed by atoms with Crippen LogP contribution >= 0.6 is 22.6 Å². The first-order chi connectivity index (χ1) is 8.55. The van der Waals surface area contributed by atoms with Crippen LogP contribution < -0.4 is 4.74 Å². The van der Waals surface area contributed by atoms with E-state index in [1.54, 1.807) is 13.1 Å². The molecule has 2 aromatic rings. The quantitative estimate of drug-likeness (QED) is 0.858. The molecule has 0 spiro atoms. The number of halogens is 1. The molecule has 0 radical (unpaired) electrons. The van der Waals surface area contributed by atoms with Crippen molar-refractivity contribution in [1.29, 1.82) is 0 Å². The van der Waals surface area contributed by atoms with Gasteiger partial charge in [0.05, 0.1) is 7.11 Å². The summed E-state index contributed by atoms with van der Waals surface area (Å²) < 4.78 is 6.25. The van der Waals surface area contributed by atoms with Crippen molar-refractivity contribution in [3.8, 4) is 5.88 Å². The van der Waals surface area contributed by atoms with Crippen molar-refractivity contribution < 1.29 is 9.84 Å². The monoisotopic (exact) mass is 356 g/mol. The van der Waals surface area contributed by atoms with Gasteiger partial charge in [-0.2, -0.15) is 0 Å². The fourth-order valence-electron chi connectivity index (χ4n) is 1.72. The summed E-state index contributed by atoms with van der Waals surface area (Å²) in [6.07, 6.45) is 3.07. The van der Waals surface area contributed by atoms with E-state index in [4.69, 9.17) is 4.74 Å². The van der Waals surface area contributed by atoms with Crippen molar-refractivity contribution in [3.05, 3.63) is 51.5 Å². The van der Waals surface area contributed by atoms with Crippen LogP contribution in [-0.2, 0) is 5.60 Å². The summed E-state index contributed by atoms with van der Waals surface area (Å²) in [5.74, 6) is 0.334. The third kappa shape index (κ3) is 2.46. The highest BCUT2D eigenvalue weighted by molar-refractivity contribution is 14.1. The molecular formula is C13H13IN2O2. The predicted octanol–water partition coefficient (Wildman–Crippen LogP) is 2.35. The Morgan fingerprint density at radius 1 is 1.17 bits per heavy atom. The van der Waals surface area contributed by atoms with Crippen LogP contribution in [0.1, 0.15) is 18.2 Å². The first-order valence-electron chi connectivity index (χ1n) is 5.39. The zero-order valence-electron chi connectivity index (χ0n) is 10.1. The predicted molar refractivity (Wildman–Crippen MR) is 76.4 cm³/mol.